The summed E-state index contributed by atoms with van der Waals surface area (Å²) in [5, 5.41) is 21.4. The van der Waals surface area contributed by atoms with Crippen LogP contribution in [0.5, 0.6) is 0 Å². The first-order valence-electron chi connectivity index (χ1n) is 13.9. The summed E-state index contributed by atoms with van der Waals surface area (Å²) in [7, 11) is 0. The molecule has 0 aliphatic heterocycles. The quantitative estimate of drug-likeness (QED) is 0.414. The van der Waals surface area contributed by atoms with Crippen LogP contribution in [0.3, 0.4) is 0 Å². The lowest BCUT2D eigenvalue weighted by atomic mass is 9.33. The third-order valence-corrected chi connectivity index (χ3v) is 13.4. The van der Waals surface area contributed by atoms with Crippen LogP contribution in [0.2, 0.25) is 0 Å². The van der Waals surface area contributed by atoms with Crippen LogP contribution >= 0.6 is 0 Å². The number of rotatable bonds is 1. The second-order valence-electron chi connectivity index (χ2n) is 14.5. The first-order chi connectivity index (χ1) is 15.3. The second kappa shape index (κ2) is 7.11. The third kappa shape index (κ3) is 2.75. The largest absolute Gasteiger partial charge is 0.481 e. The smallest absolute Gasteiger partial charge is 0.310 e. The predicted octanol–water partition coefficient (Wildman–Crippen LogP) is 7.09. The predicted molar refractivity (Wildman–Crippen MR) is 133 cm³/mol. The first kappa shape index (κ1) is 23.9. The van der Waals surface area contributed by atoms with Crippen LogP contribution in [0.1, 0.15) is 106 Å². The molecule has 0 aromatic rings. The molecule has 0 unspecified atom stereocenters. The minimum absolute atomic E-state index is 0.0302. The fourth-order valence-electron chi connectivity index (χ4n) is 10.8. The van der Waals surface area contributed by atoms with Crippen molar-refractivity contribution >= 4 is 5.97 Å². The van der Waals surface area contributed by atoms with Crippen molar-refractivity contribution in [1.29, 1.82) is 0 Å². The molecule has 5 aliphatic rings. The van der Waals surface area contributed by atoms with Crippen molar-refractivity contribution < 1.29 is 15.0 Å². The van der Waals surface area contributed by atoms with Gasteiger partial charge < -0.3 is 10.2 Å². The molecule has 4 fully saturated rings. The lowest BCUT2D eigenvalue weighted by Gasteiger charge is -2.71. The third-order valence-electron chi connectivity index (χ3n) is 13.4. The molecule has 0 radical (unpaired) electrons. The normalized spacial score (nSPS) is 55.3. The van der Waals surface area contributed by atoms with Gasteiger partial charge in [-0.1, -0.05) is 60.1 Å². The number of allylic oxidation sites excluding steroid dienone is 2. The van der Waals surface area contributed by atoms with E-state index in [1.165, 1.54) is 18.4 Å². The van der Waals surface area contributed by atoms with E-state index in [2.05, 4.69) is 54.5 Å². The minimum atomic E-state index is -0.557. The number of carboxylic acid groups (broad SMARTS) is 1. The van der Waals surface area contributed by atoms with Gasteiger partial charge in [-0.25, -0.2) is 0 Å². The molecule has 0 bridgehead atoms. The number of hydrogen-bond acceptors (Lipinski definition) is 2. The summed E-state index contributed by atoms with van der Waals surface area (Å²) in [5.41, 5.74) is 1.46. The SMILES string of the molecule is C[C@H]1[C@H]2C3=CC[C@H]4[C@@]5(C)CC[C@@H](O)C(C)(C)[C@@H]5CC[C@]4(C)[C@]3(C)CC[C@@]2(C(=O)O)CC[C@@H]1C. The molecule has 186 valence electrons. The Bertz CT molecular complexity index is 874. The van der Waals surface area contributed by atoms with Crippen molar-refractivity contribution in [2.75, 3.05) is 0 Å². The second-order valence-corrected chi connectivity index (χ2v) is 14.5. The van der Waals surface area contributed by atoms with Crippen molar-refractivity contribution in [3.63, 3.8) is 0 Å². The Morgan fingerprint density at radius 1 is 0.909 bits per heavy atom. The molecule has 5 aliphatic carbocycles. The molecule has 0 spiro atoms. The summed E-state index contributed by atoms with van der Waals surface area (Å²) in [6, 6.07) is 0. The highest BCUT2D eigenvalue weighted by molar-refractivity contribution is 5.76. The number of aliphatic hydroxyl groups excluding tert-OH is 1. The van der Waals surface area contributed by atoms with Crippen molar-refractivity contribution in [2.24, 2.45) is 56.7 Å². The van der Waals surface area contributed by atoms with E-state index < -0.39 is 11.4 Å². The van der Waals surface area contributed by atoms with Crippen LogP contribution in [0.15, 0.2) is 11.6 Å². The van der Waals surface area contributed by atoms with E-state index in [1.54, 1.807) is 0 Å². The van der Waals surface area contributed by atoms with E-state index in [4.69, 9.17) is 0 Å². The highest BCUT2D eigenvalue weighted by Crippen LogP contribution is 2.75. The fraction of sp³-hybridized carbons (Fsp3) is 0.900. The lowest BCUT2D eigenvalue weighted by Crippen LogP contribution is -2.65. The summed E-state index contributed by atoms with van der Waals surface area (Å²) in [6.07, 6.45) is 11.6. The monoisotopic (exact) mass is 456 g/mol. The van der Waals surface area contributed by atoms with Gasteiger partial charge in [-0.3, -0.25) is 4.79 Å². The van der Waals surface area contributed by atoms with Crippen LogP contribution in [0.25, 0.3) is 0 Å². The summed E-state index contributed by atoms with van der Waals surface area (Å²) in [4.78, 5) is 12.8. The van der Waals surface area contributed by atoms with E-state index in [-0.39, 0.29) is 33.7 Å². The maximum atomic E-state index is 12.8. The zero-order valence-electron chi connectivity index (χ0n) is 22.2. The zero-order chi connectivity index (χ0) is 24.2. The molecule has 33 heavy (non-hydrogen) atoms. The van der Waals surface area contributed by atoms with Gasteiger partial charge in [-0.2, -0.15) is 0 Å². The highest BCUT2D eigenvalue weighted by atomic mass is 16.4. The van der Waals surface area contributed by atoms with Crippen molar-refractivity contribution in [3.05, 3.63) is 11.6 Å². The van der Waals surface area contributed by atoms with Gasteiger partial charge in [0.1, 0.15) is 0 Å². The maximum Gasteiger partial charge on any atom is 0.310 e. The van der Waals surface area contributed by atoms with Crippen LogP contribution in [0.4, 0.5) is 0 Å². The van der Waals surface area contributed by atoms with Gasteiger partial charge in [0.2, 0.25) is 0 Å². The van der Waals surface area contributed by atoms with E-state index in [9.17, 15) is 15.0 Å². The van der Waals surface area contributed by atoms with E-state index in [0.717, 1.165) is 44.9 Å². The molecule has 10 atom stereocenters. The van der Waals surface area contributed by atoms with Crippen LogP contribution in [-0.4, -0.2) is 22.3 Å². The number of carbonyl (C=O) groups is 1. The number of aliphatic hydroxyl groups is 1. The van der Waals surface area contributed by atoms with E-state index in [1.807, 2.05) is 0 Å². The van der Waals surface area contributed by atoms with Gasteiger partial charge in [-0.05, 0) is 109 Å². The molecule has 5 rings (SSSR count). The van der Waals surface area contributed by atoms with E-state index >= 15 is 0 Å². The Morgan fingerprint density at radius 2 is 1.61 bits per heavy atom. The maximum absolute atomic E-state index is 12.8. The summed E-state index contributed by atoms with van der Waals surface area (Å²) in [6.45, 7) is 17.0. The van der Waals surface area contributed by atoms with Gasteiger partial charge >= 0.3 is 5.97 Å². The Morgan fingerprint density at radius 3 is 2.27 bits per heavy atom. The van der Waals surface area contributed by atoms with Gasteiger partial charge in [0, 0.05) is 0 Å². The molecule has 3 nitrogen and oxygen atoms in total. The van der Waals surface area contributed by atoms with Crippen molar-refractivity contribution in [3.8, 4) is 0 Å². The van der Waals surface area contributed by atoms with Crippen LogP contribution in [0, 0.1) is 56.7 Å². The summed E-state index contributed by atoms with van der Waals surface area (Å²) >= 11 is 0. The molecule has 0 aromatic carbocycles. The molecule has 0 saturated heterocycles. The van der Waals surface area contributed by atoms with E-state index in [0.29, 0.717) is 23.7 Å². The number of hydrogen-bond donors (Lipinski definition) is 2. The van der Waals surface area contributed by atoms with Gasteiger partial charge in [-0.15, -0.1) is 0 Å². The van der Waals surface area contributed by atoms with Gasteiger partial charge in [0.05, 0.1) is 11.5 Å². The van der Waals surface area contributed by atoms with Crippen molar-refractivity contribution in [1.82, 2.24) is 0 Å². The highest BCUT2D eigenvalue weighted by Gasteiger charge is 2.69. The fourth-order valence-corrected chi connectivity index (χ4v) is 10.8. The van der Waals surface area contributed by atoms with Crippen LogP contribution < -0.4 is 0 Å². The van der Waals surface area contributed by atoms with Crippen molar-refractivity contribution in [2.45, 2.75) is 112 Å². The number of fused-ring (bicyclic) bond motifs is 7. The molecular formula is C30H48O3. The standard InChI is InChI=1S/C30H48O3/c1-18-10-15-30(25(32)33)17-16-28(6)20(24(30)19(18)2)8-9-22-27(5)13-12-23(31)26(3,4)21(27)11-14-29(22,28)7/h8,18-19,21-24,31H,9-17H2,1-7H3,(H,32,33)/t18-,19+,21-,22-,23+,24-,27-,28+,29-,30-/m0/s1. The Kier molecular flexibility index (Phi) is 5.15. The molecule has 3 heteroatoms. The Hall–Kier alpha value is -0.830. The summed E-state index contributed by atoms with van der Waals surface area (Å²) in [5.74, 6) is 1.82. The number of carboxylic acids is 1. The topological polar surface area (TPSA) is 57.5 Å². The Balaban J connectivity index is 1.61. The Labute approximate surface area is 201 Å². The zero-order valence-corrected chi connectivity index (χ0v) is 22.2. The summed E-state index contributed by atoms with van der Waals surface area (Å²) < 4.78 is 0. The molecule has 0 aromatic heterocycles. The molecule has 0 heterocycles. The minimum Gasteiger partial charge on any atom is -0.481 e. The van der Waals surface area contributed by atoms with Gasteiger partial charge in [0.15, 0.2) is 0 Å². The lowest BCUT2D eigenvalue weighted by molar-refractivity contribution is -0.206. The molecule has 4 saturated carbocycles. The molecule has 2 N–H and O–H groups in total. The van der Waals surface area contributed by atoms with Gasteiger partial charge in [0.25, 0.3) is 0 Å². The average Bonchev–Trinajstić information content (AvgIpc) is 2.74. The number of aliphatic carboxylic acids is 1. The molecular weight excluding hydrogens is 408 g/mol. The first-order valence-corrected chi connectivity index (χ1v) is 13.9. The molecule has 0 amide bonds. The van der Waals surface area contributed by atoms with Crippen LogP contribution in [-0.2, 0) is 4.79 Å². The average molecular weight is 457 g/mol.